The predicted octanol–water partition coefficient (Wildman–Crippen LogP) is 5.52. The molecule has 0 bridgehead atoms. The SMILES string of the molecule is CC1(C)CC(CCCCNc2nc(NCCN)nc(NCCCCC3CC(C)(C)NC(C)(C)C3)n2)CC(C)(C)N1. The van der Waals surface area contributed by atoms with E-state index in [4.69, 9.17) is 5.73 Å². The summed E-state index contributed by atoms with van der Waals surface area (Å²) in [6, 6.07) is 0. The van der Waals surface area contributed by atoms with Crippen LogP contribution in [0.15, 0.2) is 0 Å². The first kappa shape index (κ1) is 32.8. The highest BCUT2D eigenvalue weighted by molar-refractivity contribution is 5.42. The van der Waals surface area contributed by atoms with Crippen molar-refractivity contribution in [3.8, 4) is 0 Å². The van der Waals surface area contributed by atoms with Gasteiger partial charge in [-0.1, -0.05) is 25.7 Å². The van der Waals surface area contributed by atoms with Gasteiger partial charge in [0.25, 0.3) is 0 Å². The lowest BCUT2D eigenvalue weighted by atomic mass is 9.74. The van der Waals surface area contributed by atoms with Gasteiger partial charge in [0.1, 0.15) is 0 Å². The summed E-state index contributed by atoms with van der Waals surface area (Å²) >= 11 is 0. The molecule has 9 nitrogen and oxygen atoms in total. The molecule has 2 aliphatic heterocycles. The fourth-order valence-electron chi connectivity index (χ4n) is 7.79. The first-order valence-corrected chi connectivity index (χ1v) is 15.9. The standard InChI is InChI=1S/C31H61N9/c1-28(2)19-23(20-29(3,4)39-28)13-9-11-16-33-25-36-26(38-27(37-25)35-18-15-32)34-17-12-10-14-24-21-30(5,6)40-31(7,8)22-24/h23-24,39-40H,9-22,32H2,1-8H3,(H3,33,34,35,36,37,38). The molecule has 230 valence electrons. The van der Waals surface area contributed by atoms with Gasteiger partial charge in [0.2, 0.25) is 17.8 Å². The van der Waals surface area contributed by atoms with Gasteiger partial charge in [0, 0.05) is 48.3 Å². The minimum atomic E-state index is 0.215. The summed E-state index contributed by atoms with van der Waals surface area (Å²) in [7, 11) is 0. The predicted molar refractivity (Wildman–Crippen MR) is 170 cm³/mol. The monoisotopic (exact) mass is 560 g/mol. The van der Waals surface area contributed by atoms with Gasteiger partial charge in [0.15, 0.2) is 0 Å². The zero-order valence-corrected chi connectivity index (χ0v) is 27.0. The van der Waals surface area contributed by atoms with Crippen LogP contribution in [0.2, 0.25) is 0 Å². The van der Waals surface area contributed by atoms with E-state index in [-0.39, 0.29) is 22.2 Å². The van der Waals surface area contributed by atoms with Crippen LogP contribution in [0.5, 0.6) is 0 Å². The summed E-state index contributed by atoms with van der Waals surface area (Å²) in [5.41, 5.74) is 6.56. The Labute approximate surface area is 244 Å². The Morgan fingerprint density at radius 1 is 0.575 bits per heavy atom. The maximum absolute atomic E-state index is 5.70. The second-order valence-electron chi connectivity index (χ2n) is 15.2. The number of hydrogen-bond acceptors (Lipinski definition) is 9. The summed E-state index contributed by atoms with van der Waals surface area (Å²) in [5.74, 6) is 3.38. The first-order chi connectivity index (χ1) is 18.7. The minimum absolute atomic E-state index is 0.215. The molecule has 3 rings (SSSR count). The number of aromatic nitrogens is 3. The molecule has 3 heterocycles. The Balaban J connectivity index is 1.42. The molecule has 0 atom stereocenters. The third-order valence-electron chi connectivity index (χ3n) is 8.26. The van der Waals surface area contributed by atoms with Crippen LogP contribution in [0.3, 0.4) is 0 Å². The summed E-state index contributed by atoms with van der Waals surface area (Å²) in [4.78, 5) is 13.8. The third kappa shape index (κ3) is 11.6. The van der Waals surface area contributed by atoms with Crippen molar-refractivity contribution in [3.05, 3.63) is 0 Å². The van der Waals surface area contributed by atoms with Crippen molar-refractivity contribution in [3.63, 3.8) is 0 Å². The van der Waals surface area contributed by atoms with Crippen LogP contribution in [-0.4, -0.2) is 63.3 Å². The van der Waals surface area contributed by atoms with Crippen LogP contribution in [0, 0.1) is 11.8 Å². The van der Waals surface area contributed by atoms with Gasteiger partial charge < -0.3 is 32.3 Å². The zero-order valence-electron chi connectivity index (χ0n) is 27.0. The Bertz CT molecular complexity index is 814. The van der Waals surface area contributed by atoms with E-state index < -0.39 is 0 Å². The number of piperidine rings is 2. The molecule has 0 saturated carbocycles. The molecule has 2 fully saturated rings. The minimum Gasteiger partial charge on any atom is -0.354 e. The van der Waals surface area contributed by atoms with Crippen LogP contribution in [0.4, 0.5) is 17.8 Å². The van der Waals surface area contributed by atoms with Crippen LogP contribution in [0.1, 0.15) is 120 Å². The lowest BCUT2D eigenvalue weighted by Gasteiger charge is -2.46. The van der Waals surface area contributed by atoms with Gasteiger partial charge >= 0.3 is 0 Å². The van der Waals surface area contributed by atoms with Gasteiger partial charge in [-0.2, -0.15) is 15.0 Å². The van der Waals surface area contributed by atoms with Crippen molar-refractivity contribution in [2.24, 2.45) is 17.6 Å². The van der Waals surface area contributed by atoms with Crippen molar-refractivity contribution < 1.29 is 0 Å². The Hall–Kier alpha value is -1.71. The lowest BCUT2D eigenvalue weighted by molar-refractivity contribution is 0.121. The van der Waals surface area contributed by atoms with Gasteiger partial charge in [-0.3, -0.25) is 0 Å². The highest BCUT2D eigenvalue weighted by atomic mass is 15.3. The summed E-state index contributed by atoms with van der Waals surface area (Å²) in [5, 5.41) is 17.7. The average Bonchev–Trinajstić information content (AvgIpc) is 2.78. The van der Waals surface area contributed by atoms with E-state index >= 15 is 0 Å². The van der Waals surface area contributed by atoms with Gasteiger partial charge in [-0.25, -0.2) is 0 Å². The Morgan fingerprint density at radius 3 is 1.23 bits per heavy atom. The molecule has 0 aliphatic carbocycles. The topological polar surface area (TPSA) is 125 Å². The Morgan fingerprint density at radius 2 is 0.900 bits per heavy atom. The molecular weight excluding hydrogens is 498 g/mol. The van der Waals surface area contributed by atoms with E-state index in [2.05, 4.69) is 96.9 Å². The second-order valence-corrected chi connectivity index (χ2v) is 15.2. The van der Waals surface area contributed by atoms with E-state index in [1.54, 1.807) is 0 Å². The van der Waals surface area contributed by atoms with E-state index in [1.165, 1.54) is 51.4 Å². The van der Waals surface area contributed by atoms with E-state index in [0.29, 0.717) is 30.9 Å². The van der Waals surface area contributed by atoms with E-state index in [1.807, 2.05) is 0 Å². The van der Waals surface area contributed by atoms with Crippen LogP contribution < -0.4 is 32.3 Å². The van der Waals surface area contributed by atoms with Crippen molar-refractivity contribution in [1.29, 1.82) is 0 Å². The molecule has 0 radical (unpaired) electrons. The van der Waals surface area contributed by atoms with Crippen molar-refractivity contribution in [2.45, 2.75) is 142 Å². The number of rotatable bonds is 15. The van der Waals surface area contributed by atoms with Crippen LogP contribution >= 0.6 is 0 Å². The smallest absolute Gasteiger partial charge is 0.229 e. The number of nitrogens with one attached hydrogen (secondary N) is 5. The van der Waals surface area contributed by atoms with E-state index in [9.17, 15) is 0 Å². The van der Waals surface area contributed by atoms with Crippen LogP contribution in [0.25, 0.3) is 0 Å². The lowest BCUT2D eigenvalue weighted by Crippen LogP contribution is -2.57. The first-order valence-electron chi connectivity index (χ1n) is 15.9. The number of nitrogens with zero attached hydrogens (tertiary/aromatic N) is 3. The number of hydrogen-bond donors (Lipinski definition) is 6. The molecule has 7 N–H and O–H groups in total. The summed E-state index contributed by atoms with van der Waals surface area (Å²) in [6.45, 7) is 21.6. The second kappa shape index (κ2) is 14.0. The largest absolute Gasteiger partial charge is 0.354 e. The summed E-state index contributed by atoms with van der Waals surface area (Å²) < 4.78 is 0. The highest BCUT2D eigenvalue weighted by Crippen LogP contribution is 2.36. The maximum Gasteiger partial charge on any atom is 0.229 e. The van der Waals surface area contributed by atoms with Crippen molar-refractivity contribution in [2.75, 3.05) is 42.1 Å². The highest BCUT2D eigenvalue weighted by Gasteiger charge is 2.38. The molecule has 9 heteroatoms. The quantitative estimate of drug-likeness (QED) is 0.154. The fraction of sp³-hybridized carbons (Fsp3) is 0.903. The molecule has 0 unspecified atom stereocenters. The molecule has 0 aromatic carbocycles. The number of anilines is 3. The Kier molecular flexibility index (Phi) is 11.5. The van der Waals surface area contributed by atoms with Gasteiger partial charge in [-0.15, -0.1) is 0 Å². The van der Waals surface area contributed by atoms with E-state index in [0.717, 1.165) is 37.8 Å². The third-order valence-corrected chi connectivity index (χ3v) is 8.26. The molecule has 0 amide bonds. The van der Waals surface area contributed by atoms with Crippen molar-refractivity contribution in [1.82, 2.24) is 25.6 Å². The van der Waals surface area contributed by atoms with Gasteiger partial charge in [0.05, 0.1) is 0 Å². The normalized spacial score (nSPS) is 22.1. The number of unbranched alkanes of at least 4 members (excludes halogenated alkanes) is 2. The molecule has 2 saturated heterocycles. The summed E-state index contributed by atoms with van der Waals surface area (Å²) in [6.07, 6.45) is 12.2. The molecule has 2 aliphatic rings. The molecule has 1 aromatic rings. The molecule has 1 aromatic heterocycles. The van der Waals surface area contributed by atoms with Gasteiger partial charge in [-0.05, 0) is 106 Å². The van der Waals surface area contributed by atoms with Crippen molar-refractivity contribution >= 4 is 17.8 Å². The molecule has 0 spiro atoms. The molecule has 40 heavy (non-hydrogen) atoms. The molecular formula is C31H61N9. The average molecular weight is 560 g/mol. The fourth-order valence-corrected chi connectivity index (χ4v) is 7.79. The zero-order chi connectivity index (χ0) is 29.4. The maximum atomic E-state index is 5.70. The number of nitrogens with two attached hydrogens (primary N) is 1. The van der Waals surface area contributed by atoms with Crippen LogP contribution in [-0.2, 0) is 0 Å².